The summed E-state index contributed by atoms with van der Waals surface area (Å²) < 4.78 is 83.0. The fraction of sp³-hybridized carbons (Fsp3) is 1.00. The van der Waals surface area contributed by atoms with Crippen molar-refractivity contribution in [3.05, 3.63) is 0 Å². The Morgan fingerprint density at radius 1 is 1.21 bits per heavy atom. The summed E-state index contributed by atoms with van der Waals surface area (Å²) in [6.45, 7) is 1.83. The first kappa shape index (κ1) is 15.2. The topological polar surface area (TPSA) is 21.3 Å². The van der Waals surface area contributed by atoms with Crippen LogP contribution in [0.5, 0.6) is 0 Å². The summed E-state index contributed by atoms with van der Waals surface area (Å²) in [5, 5.41) is 0.411. The van der Waals surface area contributed by atoms with Crippen molar-refractivity contribution in [3.63, 3.8) is 0 Å². The first-order chi connectivity index (χ1) is 8.56. The predicted octanol–water partition coefficient (Wildman–Crippen LogP) is 2.85. The Kier molecular flexibility index (Phi) is 3.51. The van der Waals surface area contributed by atoms with Crippen LogP contribution in [0, 0.1) is 5.92 Å². The van der Waals surface area contributed by atoms with Gasteiger partial charge in [0.2, 0.25) is 5.54 Å². The van der Waals surface area contributed by atoms with E-state index in [1.54, 1.807) is 12.2 Å². The van der Waals surface area contributed by atoms with E-state index >= 15 is 0 Å². The summed E-state index contributed by atoms with van der Waals surface area (Å²) >= 11 is 5.76. The highest BCUT2D eigenvalue weighted by Gasteiger charge is 2.81. The molecule has 1 aliphatic heterocycles. The Hall–Kier alpha value is -0.210. The molecule has 0 spiro atoms. The lowest BCUT2D eigenvalue weighted by molar-refractivity contribution is -0.321. The summed E-state index contributed by atoms with van der Waals surface area (Å²) in [5.41, 5.74) is -3.93. The number of alkyl halides is 7. The Morgan fingerprint density at radius 2 is 1.74 bits per heavy atom. The van der Waals surface area contributed by atoms with Crippen molar-refractivity contribution >= 4 is 11.6 Å². The van der Waals surface area contributed by atoms with Crippen LogP contribution in [-0.4, -0.2) is 42.0 Å². The van der Waals surface area contributed by atoms with Crippen LogP contribution < -0.4 is 5.32 Å². The molecular formula is C10H12ClF6NO. The van der Waals surface area contributed by atoms with Crippen LogP contribution in [-0.2, 0) is 4.74 Å². The van der Waals surface area contributed by atoms with Crippen molar-refractivity contribution in [2.24, 2.45) is 5.92 Å². The van der Waals surface area contributed by atoms with E-state index in [0.29, 0.717) is 0 Å². The van der Waals surface area contributed by atoms with Crippen LogP contribution in [0.4, 0.5) is 26.3 Å². The van der Waals surface area contributed by atoms with Crippen LogP contribution >= 0.6 is 11.6 Å². The Balaban J connectivity index is 2.37. The predicted molar refractivity (Wildman–Crippen MR) is 54.9 cm³/mol. The van der Waals surface area contributed by atoms with E-state index in [0.717, 1.165) is 0 Å². The van der Waals surface area contributed by atoms with E-state index in [9.17, 15) is 26.3 Å². The molecule has 1 saturated heterocycles. The summed E-state index contributed by atoms with van der Waals surface area (Å²) in [7, 11) is 0. The fourth-order valence-electron chi connectivity index (χ4n) is 3.07. The molecule has 9 heteroatoms. The van der Waals surface area contributed by atoms with Gasteiger partial charge in [-0.2, -0.15) is 26.3 Å². The maximum absolute atomic E-state index is 13.0. The standard InChI is InChI=1S/C10H12ClF6NO/c1-2-19-5-3-4-6(11)7(5)18-8(4,9(12,13)14)10(15,16)17/h4-7,18H,2-3H2,1H3/t4-,5+,6+,7-/m1/s1. The van der Waals surface area contributed by atoms with Gasteiger partial charge in [-0.15, -0.1) is 11.6 Å². The van der Waals surface area contributed by atoms with Crippen molar-refractivity contribution in [2.45, 2.75) is 48.8 Å². The van der Waals surface area contributed by atoms with Crippen LogP contribution in [0.15, 0.2) is 0 Å². The van der Waals surface area contributed by atoms with Gasteiger partial charge in [-0.25, -0.2) is 0 Å². The molecule has 1 aliphatic carbocycles. The summed E-state index contributed by atoms with van der Waals surface area (Å²) in [4.78, 5) is 0. The zero-order valence-corrected chi connectivity index (χ0v) is 10.5. The number of halogens is 7. The second-order valence-electron chi connectivity index (χ2n) is 4.75. The second kappa shape index (κ2) is 4.39. The van der Waals surface area contributed by atoms with E-state index in [4.69, 9.17) is 16.3 Å². The molecule has 4 atom stereocenters. The van der Waals surface area contributed by atoms with Gasteiger partial charge in [0.1, 0.15) is 0 Å². The molecule has 0 aromatic carbocycles. The molecule has 0 aromatic rings. The van der Waals surface area contributed by atoms with Crippen LogP contribution in [0.25, 0.3) is 0 Å². The van der Waals surface area contributed by atoms with E-state index < -0.39 is 41.3 Å². The third-order valence-corrected chi connectivity index (χ3v) is 4.42. The SMILES string of the molecule is CCO[C@H]1C[C@@H]2[C@H](Cl)[C@@H]1NC2(C(F)(F)F)C(F)(F)F. The van der Waals surface area contributed by atoms with Crippen LogP contribution in [0.1, 0.15) is 13.3 Å². The minimum absolute atomic E-state index is 0.213. The maximum Gasteiger partial charge on any atom is 0.415 e. The molecule has 1 N–H and O–H groups in total. The van der Waals surface area contributed by atoms with Gasteiger partial charge >= 0.3 is 12.4 Å². The van der Waals surface area contributed by atoms with Gasteiger partial charge in [0.15, 0.2) is 0 Å². The highest BCUT2D eigenvalue weighted by Crippen LogP contribution is 2.58. The number of fused-ring (bicyclic) bond motifs is 2. The van der Waals surface area contributed by atoms with E-state index in [2.05, 4.69) is 0 Å². The lowest BCUT2D eigenvalue weighted by Crippen LogP contribution is -2.70. The molecule has 2 nitrogen and oxygen atoms in total. The van der Waals surface area contributed by atoms with Gasteiger partial charge in [0.25, 0.3) is 0 Å². The molecule has 1 heterocycles. The first-order valence-electron chi connectivity index (χ1n) is 5.73. The summed E-state index contributed by atoms with van der Waals surface area (Å²) in [6, 6.07) is -1.14. The number of piperidine rings is 1. The molecular weight excluding hydrogens is 300 g/mol. The molecule has 0 aromatic heterocycles. The van der Waals surface area contributed by atoms with E-state index in [-0.39, 0.29) is 13.0 Å². The molecule has 2 bridgehead atoms. The van der Waals surface area contributed by atoms with Crippen molar-refractivity contribution in [3.8, 4) is 0 Å². The van der Waals surface area contributed by atoms with Crippen LogP contribution in [0.2, 0.25) is 0 Å². The van der Waals surface area contributed by atoms with Gasteiger partial charge in [-0.05, 0) is 13.3 Å². The third-order valence-electron chi connectivity index (χ3n) is 3.84. The number of nitrogens with one attached hydrogen (secondary N) is 1. The molecule has 0 radical (unpaired) electrons. The number of rotatable bonds is 2. The minimum atomic E-state index is -5.45. The van der Waals surface area contributed by atoms with Gasteiger partial charge in [0.05, 0.1) is 17.5 Å². The van der Waals surface area contributed by atoms with Crippen molar-refractivity contribution in [1.82, 2.24) is 5.32 Å². The van der Waals surface area contributed by atoms with E-state index in [1.165, 1.54) is 0 Å². The van der Waals surface area contributed by atoms with Gasteiger partial charge < -0.3 is 4.74 Å². The van der Waals surface area contributed by atoms with Gasteiger partial charge in [-0.1, -0.05) is 0 Å². The smallest absolute Gasteiger partial charge is 0.377 e. The molecule has 2 fully saturated rings. The molecule has 2 rings (SSSR count). The molecule has 19 heavy (non-hydrogen) atoms. The first-order valence-corrected chi connectivity index (χ1v) is 6.16. The van der Waals surface area contributed by atoms with Gasteiger partial charge in [0, 0.05) is 12.5 Å². The highest BCUT2D eigenvalue weighted by molar-refractivity contribution is 6.22. The number of hydrogen-bond donors (Lipinski definition) is 1. The molecule has 0 unspecified atom stereocenters. The number of hydrogen-bond acceptors (Lipinski definition) is 2. The zero-order chi connectivity index (χ0) is 14.6. The minimum Gasteiger partial charge on any atom is -0.377 e. The Bertz CT molecular complexity index is 343. The number of ether oxygens (including phenoxy) is 1. The quantitative estimate of drug-likeness (QED) is 0.625. The third kappa shape index (κ3) is 1.94. The lowest BCUT2D eigenvalue weighted by Gasteiger charge is -2.42. The monoisotopic (exact) mass is 311 g/mol. The summed E-state index contributed by atoms with van der Waals surface area (Å²) in [6.07, 6.45) is -12.0. The van der Waals surface area contributed by atoms with Gasteiger partial charge in [-0.3, -0.25) is 5.32 Å². The fourth-order valence-corrected chi connectivity index (χ4v) is 3.59. The molecule has 0 amide bonds. The molecule has 1 saturated carbocycles. The largest absolute Gasteiger partial charge is 0.415 e. The van der Waals surface area contributed by atoms with Crippen LogP contribution in [0.3, 0.4) is 0 Å². The van der Waals surface area contributed by atoms with E-state index in [1.807, 2.05) is 0 Å². The average molecular weight is 312 g/mol. The normalized spacial score (nSPS) is 37.9. The average Bonchev–Trinajstić information content (AvgIpc) is 2.68. The summed E-state index contributed by atoms with van der Waals surface area (Å²) in [5.74, 6) is -1.77. The molecule has 112 valence electrons. The van der Waals surface area contributed by atoms with Crippen molar-refractivity contribution in [2.75, 3.05) is 6.61 Å². The molecule has 2 aliphatic rings. The van der Waals surface area contributed by atoms with Crippen molar-refractivity contribution < 1.29 is 31.1 Å². The zero-order valence-electron chi connectivity index (χ0n) is 9.78. The Labute approximate surface area is 110 Å². The van der Waals surface area contributed by atoms with Crippen molar-refractivity contribution in [1.29, 1.82) is 0 Å². The second-order valence-corrected chi connectivity index (χ2v) is 5.26. The maximum atomic E-state index is 13.0. The lowest BCUT2D eigenvalue weighted by atomic mass is 9.82. The Morgan fingerprint density at radius 3 is 2.05 bits per heavy atom. The highest BCUT2D eigenvalue weighted by atomic mass is 35.5.